The van der Waals surface area contributed by atoms with E-state index in [1.54, 1.807) is 13.2 Å². The van der Waals surface area contributed by atoms with Crippen LogP contribution in [0.5, 0.6) is 0 Å². The Morgan fingerprint density at radius 1 is 1.53 bits per heavy atom. The van der Waals surface area contributed by atoms with Crippen molar-refractivity contribution in [2.75, 3.05) is 25.6 Å². The van der Waals surface area contributed by atoms with Crippen LogP contribution >= 0.6 is 11.6 Å². The lowest BCUT2D eigenvalue weighted by Crippen LogP contribution is -2.16. The van der Waals surface area contributed by atoms with Gasteiger partial charge in [-0.25, -0.2) is 9.97 Å². The summed E-state index contributed by atoms with van der Waals surface area (Å²) in [7, 11) is 1.71. The van der Waals surface area contributed by atoms with E-state index in [1.807, 2.05) is 0 Å². The van der Waals surface area contributed by atoms with E-state index in [-0.39, 0.29) is 0 Å². The van der Waals surface area contributed by atoms with Crippen molar-refractivity contribution in [3.63, 3.8) is 0 Å². The third-order valence-electron chi connectivity index (χ3n) is 2.74. The van der Waals surface area contributed by atoms with Crippen LogP contribution in [-0.2, 0) is 4.74 Å². The van der Waals surface area contributed by atoms with E-state index in [0.717, 1.165) is 24.8 Å². The normalized spacial score (nSPS) is 16.9. The summed E-state index contributed by atoms with van der Waals surface area (Å²) in [6, 6.07) is 1.77. The maximum atomic E-state index is 5.98. The standard InChI is InChI=1S/C12H18ClN3O/c1-8(7-17-2)6-14-11-5-10(13)15-12(16-11)9-3-4-9/h5,8-9H,3-4,6-7H2,1-2H3,(H,14,15,16). The molecule has 17 heavy (non-hydrogen) atoms. The largest absolute Gasteiger partial charge is 0.384 e. The Bertz CT molecular complexity index is 382. The number of nitrogens with zero attached hydrogens (tertiary/aromatic N) is 2. The summed E-state index contributed by atoms with van der Waals surface area (Å²) in [6.07, 6.45) is 2.36. The number of nitrogens with one attached hydrogen (secondary N) is 1. The van der Waals surface area contributed by atoms with Gasteiger partial charge in [0.1, 0.15) is 16.8 Å². The van der Waals surface area contributed by atoms with E-state index < -0.39 is 0 Å². The molecule has 0 radical (unpaired) electrons. The number of anilines is 1. The number of hydrogen-bond donors (Lipinski definition) is 1. The second-order valence-electron chi connectivity index (χ2n) is 4.65. The average molecular weight is 256 g/mol. The van der Waals surface area contributed by atoms with Crippen LogP contribution in [0.25, 0.3) is 0 Å². The molecule has 1 heterocycles. The molecule has 0 aliphatic heterocycles. The zero-order chi connectivity index (χ0) is 12.3. The molecule has 1 aromatic rings. The molecule has 2 rings (SSSR count). The van der Waals surface area contributed by atoms with Crippen LogP contribution in [0.2, 0.25) is 5.15 Å². The van der Waals surface area contributed by atoms with Crippen molar-refractivity contribution in [3.8, 4) is 0 Å². The Hall–Kier alpha value is -0.870. The minimum absolute atomic E-state index is 0.443. The smallest absolute Gasteiger partial charge is 0.135 e. The molecule has 1 atom stereocenters. The van der Waals surface area contributed by atoms with Gasteiger partial charge in [0, 0.05) is 25.6 Å². The molecule has 4 nitrogen and oxygen atoms in total. The molecule has 1 aliphatic rings. The Morgan fingerprint density at radius 2 is 2.29 bits per heavy atom. The molecule has 0 spiro atoms. The fourth-order valence-corrected chi connectivity index (χ4v) is 1.86. The first-order valence-electron chi connectivity index (χ1n) is 5.96. The Kier molecular flexibility index (Phi) is 4.18. The molecule has 1 unspecified atom stereocenters. The quantitative estimate of drug-likeness (QED) is 0.794. The van der Waals surface area contributed by atoms with Gasteiger partial charge in [0.25, 0.3) is 0 Å². The van der Waals surface area contributed by atoms with Crippen LogP contribution in [0.3, 0.4) is 0 Å². The highest BCUT2D eigenvalue weighted by Crippen LogP contribution is 2.38. The van der Waals surface area contributed by atoms with Crippen molar-refractivity contribution in [3.05, 3.63) is 17.0 Å². The molecule has 1 N–H and O–H groups in total. The van der Waals surface area contributed by atoms with Gasteiger partial charge in [-0.05, 0) is 18.8 Å². The number of rotatable bonds is 6. The Morgan fingerprint density at radius 3 is 2.94 bits per heavy atom. The minimum Gasteiger partial charge on any atom is -0.384 e. The predicted molar refractivity (Wildman–Crippen MR) is 68.5 cm³/mol. The summed E-state index contributed by atoms with van der Waals surface area (Å²) in [5, 5.41) is 3.79. The van der Waals surface area contributed by atoms with E-state index in [4.69, 9.17) is 16.3 Å². The third kappa shape index (κ3) is 3.82. The lowest BCUT2D eigenvalue weighted by Gasteiger charge is -2.12. The molecular weight excluding hydrogens is 238 g/mol. The third-order valence-corrected chi connectivity index (χ3v) is 2.93. The molecule has 1 aliphatic carbocycles. The van der Waals surface area contributed by atoms with Crippen molar-refractivity contribution in [2.45, 2.75) is 25.7 Å². The first-order chi connectivity index (χ1) is 8.19. The predicted octanol–water partition coefficient (Wildman–Crippen LogP) is 2.70. The van der Waals surface area contributed by atoms with Crippen molar-refractivity contribution >= 4 is 17.4 Å². The fourth-order valence-electron chi connectivity index (χ4n) is 1.67. The average Bonchev–Trinajstić information content (AvgIpc) is 3.10. The van der Waals surface area contributed by atoms with Crippen molar-refractivity contribution < 1.29 is 4.74 Å². The summed E-state index contributed by atoms with van der Waals surface area (Å²) < 4.78 is 5.09. The second kappa shape index (κ2) is 5.65. The summed E-state index contributed by atoms with van der Waals surface area (Å²) in [5.41, 5.74) is 0. The molecule has 1 saturated carbocycles. The molecule has 0 bridgehead atoms. The maximum Gasteiger partial charge on any atom is 0.135 e. The molecule has 0 saturated heterocycles. The minimum atomic E-state index is 0.443. The summed E-state index contributed by atoms with van der Waals surface area (Å²) in [4.78, 5) is 8.73. The number of halogens is 1. The highest BCUT2D eigenvalue weighted by Gasteiger charge is 2.27. The molecule has 1 fully saturated rings. The molecule has 0 amide bonds. The maximum absolute atomic E-state index is 5.98. The lowest BCUT2D eigenvalue weighted by atomic mass is 10.2. The van der Waals surface area contributed by atoms with Crippen LogP contribution in [-0.4, -0.2) is 30.2 Å². The van der Waals surface area contributed by atoms with Gasteiger partial charge in [-0.2, -0.15) is 0 Å². The number of methoxy groups -OCH3 is 1. The highest BCUT2D eigenvalue weighted by atomic mass is 35.5. The second-order valence-corrected chi connectivity index (χ2v) is 5.04. The number of hydrogen-bond acceptors (Lipinski definition) is 4. The van der Waals surface area contributed by atoms with Gasteiger partial charge in [0.15, 0.2) is 0 Å². The van der Waals surface area contributed by atoms with Crippen LogP contribution in [0, 0.1) is 5.92 Å². The van der Waals surface area contributed by atoms with Gasteiger partial charge in [-0.15, -0.1) is 0 Å². The Balaban J connectivity index is 1.95. The molecule has 0 aromatic carbocycles. The van der Waals surface area contributed by atoms with Gasteiger partial charge >= 0.3 is 0 Å². The van der Waals surface area contributed by atoms with E-state index in [9.17, 15) is 0 Å². The van der Waals surface area contributed by atoms with E-state index in [2.05, 4.69) is 22.2 Å². The molecule has 1 aromatic heterocycles. The molecular formula is C12H18ClN3O. The Labute approximate surface area is 107 Å². The van der Waals surface area contributed by atoms with Gasteiger partial charge in [0.2, 0.25) is 0 Å². The first kappa shape index (κ1) is 12.6. The topological polar surface area (TPSA) is 47.0 Å². The summed E-state index contributed by atoms with van der Waals surface area (Å²) in [5.74, 6) is 2.65. The van der Waals surface area contributed by atoms with Crippen molar-refractivity contribution in [2.24, 2.45) is 5.92 Å². The van der Waals surface area contributed by atoms with Crippen molar-refractivity contribution in [1.82, 2.24) is 9.97 Å². The highest BCUT2D eigenvalue weighted by molar-refractivity contribution is 6.29. The summed E-state index contributed by atoms with van der Waals surface area (Å²) >= 11 is 5.98. The molecule has 94 valence electrons. The number of aromatic nitrogens is 2. The molecule has 5 heteroatoms. The van der Waals surface area contributed by atoms with Crippen LogP contribution in [0.1, 0.15) is 31.5 Å². The zero-order valence-electron chi connectivity index (χ0n) is 10.2. The van der Waals surface area contributed by atoms with Gasteiger partial charge in [-0.3, -0.25) is 0 Å². The van der Waals surface area contributed by atoms with E-state index in [1.165, 1.54) is 12.8 Å². The van der Waals surface area contributed by atoms with Gasteiger partial charge in [-0.1, -0.05) is 18.5 Å². The van der Waals surface area contributed by atoms with Crippen LogP contribution < -0.4 is 5.32 Å². The van der Waals surface area contributed by atoms with Gasteiger partial charge in [0.05, 0.1) is 6.61 Å². The monoisotopic (exact) mass is 255 g/mol. The lowest BCUT2D eigenvalue weighted by molar-refractivity contribution is 0.164. The van der Waals surface area contributed by atoms with Crippen molar-refractivity contribution in [1.29, 1.82) is 0 Å². The van der Waals surface area contributed by atoms with Gasteiger partial charge < -0.3 is 10.1 Å². The fraction of sp³-hybridized carbons (Fsp3) is 0.667. The van der Waals surface area contributed by atoms with E-state index in [0.29, 0.717) is 17.0 Å². The first-order valence-corrected chi connectivity index (χ1v) is 6.34. The number of ether oxygens (including phenoxy) is 1. The van der Waals surface area contributed by atoms with Crippen LogP contribution in [0.15, 0.2) is 6.07 Å². The SMILES string of the molecule is COCC(C)CNc1cc(Cl)nc(C2CC2)n1. The summed E-state index contributed by atoms with van der Waals surface area (Å²) in [6.45, 7) is 3.69. The van der Waals surface area contributed by atoms with Crippen LogP contribution in [0.4, 0.5) is 5.82 Å². The van der Waals surface area contributed by atoms with E-state index >= 15 is 0 Å². The zero-order valence-corrected chi connectivity index (χ0v) is 11.0.